The summed E-state index contributed by atoms with van der Waals surface area (Å²) in [6, 6.07) is 3.28. The summed E-state index contributed by atoms with van der Waals surface area (Å²) in [5.41, 5.74) is 0.256. The smallest absolute Gasteiger partial charge is 0.242 e. The SMILES string of the molecule is O=C1CN(c2ncc(F)cn2)CCN1Cc1ccc(F)cc1F. The quantitative estimate of drug-likeness (QED) is 0.864. The maximum Gasteiger partial charge on any atom is 0.242 e. The van der Waals surface area contributed by atoms with E-state index in [-0.39, 0.29) is 30.5 Å². The molecule has 8 heteroatoms. The summed E-state index contributed by atoms with van der Waals surface area (Å²) in [6.45, 7) is 0.883. The molecule has 0 spiro atoms. The van der Waals surface area contributed by atoms with Crippen molar-refractivity contribution in [1.82, 2.24) is 14.9 Å². The Balaban J connectivity index is 1.67. The minimum atomic E-state index is -0.679. The van der Waals surface area contributed by atoms with Gasteiger partial charge in [0.1, 0.15) is 18.2 Å². The number of halogens is 3. The van der Waals surface area contributed by atoms with Gasteiger partial charge in [0.15, 0.2) is 5.82 Å². The van der Waals surface area contributed by atoms with E-state index in [2.05, 4.69) is 9.97 Å². The number of carbonyl (C=O) groups excluding carboxylic acids is 1. The molecule has 0 aliphatic carbocycles. The molecule has 1 aliphatic heterocycles. The number of nitrogens with zero attached hydrogens (tertiary/aromatic N) is 4. The number of amides is 1. The van der Waals surface area contributed by atoms with E-state index in [1.807, 2.05) is 0 Å². The third kappa shape index (κ3) is 3.41. The van der Waals surface area contributed by atoms with Gasteiger partial charge in [-0.15, -0.1) is 0 Å². The fraction of sp³-hybridized carbons (Fsp3) is 0.267. The van der Waals surface area contributed by atoms with Crippen molar-refractivity contribution in [3.05, 3.63) is 53.6 Å². The van der Waals surface area contributed by atoms with Crippen LogP contribution in [0.15, 0.2) is 30.6 Å². The minimum absolute atomic E-state index is 0.0223. The topological polar surface area (TPSA) is 49.3 Å². The lowest BCUT2D eigenvalue weighted by Gasteiger charge is -2.34. The zero-order valence-electron chi connectivity index (χ0n) is 12.0. The van der Waals surface area contributed by atoms with Gasteiger partial charge in [0, 0.05) is 31.3 Å². The van der Waals surface area contributed by atoms with E-state index in [0.717, 1.165) is 24.5 Å². The van der Waals surface area contributed by atoms with E-state index in [4.69, 9.17) is 0 Å². The predicted octanol–water partition coefficient (Wildman–Crippen LogP) is 1.74. The second-order valence-corrected chi connectivity index (χ2v) is 5.17. The van der Waals surface area contributed by atoms with E-state index >= 15 is 0 Å². The highest BCUT2D eigenvalue weighted by Crippen LogP contribution is 2.16. The summed E-state index contributed by atoms with van der Waals surface area (Å²) in [6.07, 6.45) is 2.07. The Morgan fingerprint density at radius 1 is 1.04 bits per heavy atom. The molecule has 0 saturated carbocycles. The monoisotopic (exact) mass is 322 g/mol. The van der Waals surface area contributed by atoms with Crippen LogP contribution in [0.3, 0.4) is 0 Å². The average molecular weight is 322 g/mol. The first-order chi connectivity index (χ1) is 11.0. The van der Waals surface area contributed by atoms with Crippen molar-refractivity contribution in [2.45, 2.75) is 6.54 Å². The first-order valence-electron chi connectivity index (χ1n) is 6.97. The number of anilines is 1. The van der Waals surface area contributed by atoms with Crippen LogP contribution >= 0.6 is 0 Å². The molecule has 0 unspecified atom stereocenters. The largest absolute Gasteiger partial charge is 0.335 e. The number of aromatic nitrogens is 2. The van der Waals surface area contributed by atoms with E-state index in [0.29, 0.717) is 13.1 Å². The molecule has 1 saturated heterocycles. The molecule has 1 aromatic heterocycles. The molecule has 0 N–H and O–H groups in total. The lowest BCUT2D eigenvalue weighted by Crippen LogP contribution is -2.50. The van der Waals surface area contributed by atoms with Crippen LogP contribution in [-0.4, -0.2) is 40.4 Å². The van der Waals surface area contributed by atoms with Crippen LogP contribution < -0.4 is 4.90 Å². The molecule has 1 aromatic carbocycles. The van der Waals surface area contributed by atoms with Crippen molar-refractivity contribution in [2.24, 2.45) is 0 Å². The maximum atomic E-state index is 13.7. The second kappa shape index (κ2) is 6.23. The third-order valence-corrected chi connectivity index (χ3v) is 3.58. The number of hydrogen-bond acceptors (Lipinski definition) is 4. The second-order valence-electron chi connectivity index (χ2n) is 5.17. The number of rotatable bonds is 3. The van der Waals surface area contributed by atoms with Crippen LogP contribution in [0.4, 0.5) is 19.1 Å². The van der Waals surface area contributed by atoms with Gasteiger partial charge in [0.25, 0.3) is 0 Å². The van der Waals surface area contributed by atoms with Crippen LogP contribution in [0.2, 0.25) is 0 Å². The molecular weight excluding hydrogens is 309 g/mol. The van der Waals surface area contributed by atoms with Crippen LogP contribution in [0.5, 0.6) is 0 Å². The molecule has 1 amide bonds. The number of hydrogen-bond donors (Lipinski definition) is 0. The fourth-order valence-corrected chi connectivity index (χ4v) is 2.37. The van der Waals surface area contributed by atoms with Gasteiger partial charge < -0.3 is 9.80 Å². The summed E-state index contributed by atoms with van der Waals surface area (Å²) in [5, 5.41) is 0. The standard InChI is InChI=1S/C15H13F3N4O/c16-11-2-1-10(13(18)5-11)8-21-3-4-22(9-14(21)23)15-19-6-12(17)7-20-15/h1-2,5-7H,3-4,8-9H2. The maximum absolute atomic E-state index is 13.7. The molecule has 2 aromatic rings. The van der Waals surface area contributed by atoms with Crippen molar-refractivity contribution in [2.75, 3.05) is 24.5 Å². The average Bonchev–Trinajstić information content (AvgIpc) is 2.52. The van der Waals surface area contributed by atoms with Crippen LogP contribution in [-0.2, 0) is 11.3 Å². The summed E-state index contributed by atoms with van der Waals surface area (Å²) in [5.74, 6) is -1.84. The molecule has 120 valence electrons. The van der Waals surface area contributed by atoms with Crippen molar-refractivity contribution >= 4 is 11.9 Å². The Morgan fingerprint density at radius 2 is 1.78 bits per heavy atom. The van der Waals surface area contributed by atoms with E-state index in [1.54, 1.807) is 4.90 Å². The third-order valence-electron chi connectivity index (χ3n) is 3.58. The number of piperazine rings is 1. The van der Waals surface area contributed by atoms with Crippen LogP contribution in [0, 0.1) is 17.5 Å². The summed E-state index contributed by atoms with van der Waals surface area (Å²) < 4.78 is 39.4. The molecule has 0 bridgehead atoms. The number of benzene rings is 1. The highest BCUT2D eigenvalue weighted by atomic mass is 19.1. The lowest BCUT2D eigenvalue weighted by molar-refractivity contribution is -0.131. The molecule has 5 nitrogen and oxygen atoms in total. The lowest BCUT2D eigenvalue weighted by atomic mass is 10.1. The number of carbonyl (C=O) groups is 1. The van der Waals surface area contributed by atoms with E-state index < -0.39 is 17.5 Å². The highest BCUT2D eigenvalue weighted by molar-refractivity contribution is 5.82. The Hall–Kier alpha value is -2.64. The zero-order chi connectivity index (χ0) is 16.4. The summed E-state index contributed by atoms with van der Waals surface area (Å²) in [4.78, 5) is 23.0. The van der Waals surface area contributed by atoms with E-state index in [1.165, 1.54) is 11.0 Å². The van der Waals surface area contributed by atoms with Gasteiger partial charge in [-0.1, -0.05) is 6.07 Å². The molecular formula is C15H13F3N4O. The Kier molecular flexibility index (Phi) is 4.14. The first-order valence-corrected chi connectivity index (χ1v) is 6.97. The van der Waals surface area contributed by atoms with Crippen molar-refractivity contribution < 1.29 is 18.0 Å². The minimum Gasteiger partial charge on any atom is -0.335 e. The normalized spacial score (nSPS) is 15.2. The molecule has 2 heterocycles. The highest BCUT2D eigenvalue weighted by Gasteiger charge is 2.26. The molecule has 0 radical (unpaired) electrons. The molecule has 23 heavy (non-hydrogen) atoms. The van der Waals surface area contributed by atoms with Gasteiger partial charge in [0.2, 0.25) is 11.9 Å². The Labute approximate surface area is 130 Å². The van der Waals surface area contributed by atoms with Crippen molar-refractivity contribution in [3.8, 4) is 0 Å². The van der Waals surface area contributed by atoms with Gasteiger partial charge in [0.05, 0.1) is 12.4 Å². The van der Waals surface area contributed by atoms with Gasteiger partial charge in [-0.05, 0) is 6.07 Å². The Morgan fingerprint density at radius 3 is 2.43 bits per heavy atom. The predicted molar refractivity (Wildman–Crippen MR) is 76.0 cm³/mol. The van der Waals surface area contributed by atoms with Crippen LogP contribution in [0.1, 0.15) is 5.56 Å². The first kappa shape index (κ1) is 15.3. The van der Waals surface area contributed by atoms with Gasteiger partial charge in [-0.25, -0.2) is 23.1 Å². The zero-order valence-corrected chi connectivity index (χ0v) is 12.0. The van der Waals surface area contributed by atoms with Crippen LogP contribution in [0.25, 0.3) is 0 Å². The van der Waals surface area contributed by atoms with Gasteiger partial charge >= 0.3 is 0 Å². The molecule has 1 fully saturated rings. The fourth-order valence-electron chi connectivity index (χ4n) is 2.37. The summed E-state index contributed by atoms with van der Waals surface area (Å²) >= 11 is 0. The molecule has 1 aliphatic rings. The molecule has 3 rings (SSSR count). The van der Waals surface area contributed by atoms with Crippen molar-refractivity contribution in [1.29, 1.82) is 0 Å². The van der Waals surface area contributed by atoms with Crippen molar-refractivity contribution in [3.63, 3.8) is 0 Å². The summed E-state index contributed by atoms with van der Waals surface area (Å²) in [7, 11) is 0. The van der Waals surface area contributed by atoms with Gasteiger partial charge in [-0.3, -0.25) is 4.79 Å². The molecule has 0 atom stereocenters. The Bertz CT molecular complexity index is 723. The van der Waals surface area contributed by atoms with Gasteiger partial charge in [-0.2, -0.15) is 0 Å². The van der Waals surface area contributed by atoms with E-state index in [9.17, 15) is 18.0 Å².